The van der Waals surface area contributed by atoms with E-state index < -0.39 is 0 Å². The van der Waals surface area contributed by atoms with Gasteiger partial charge in [0.2, 0.25) is 0 Å². The number of benzene rings is 2. The van der Waals surface area contributed by atoms with Crippen molar-refractivity contribution in [1.82, 2.24) is 29.8 Å². The number of aromatic nitrogens is 6. The van der Waals surface area contributed by atoms with E-state index in [1.54, 1.807) is 22.8 Å². The smallest absolute Gasteiger partial charge is 0.252 e. The van der Waals surface area contributed by atoms with Crippen LogP contribution < -0.4 is 0 Å². The molecule has 0 unspecified atom stereocenters. The Morgan fingerprint density at radius 2 is 1.87 bits per heavy atom. The zero-order chi connectivity index (χ0) is 20.3. The Hall–Kier alpha value is -3.26. The van der Waals surface area contributed by atoms with Crippen LogP contribution in [0.2, 0.25) is 0 Å². The van der Waals surface area contributed by atoms with Gasteiger partial charge in [-0.25, -0.2) is 9.37 Å². The maximum absolute atomic E-state index is 14.0. The third-order valence-electron chi connectivity index (χ3n) is 5.62. The number of nitrogens with zero attached hydrogens (tertiary/aromatic N) is 6. The lowest BCUT2D eigenvalue weighted by Gasteiger charge is -2.13. The zero-order valence-corrected chi connectivity index (χ0v) is 17.2. The fourth-order valence-corrected chi connectivity index (χ4v) is 4.08. The van der Waals surface area contributed by atoms with Crippen LogP contribution in [0.25, 0.3) is 27.9 Å². The molecule has 0 amide bonds. The molecule has 2 aromatic carbocycles. The molecule has 3 heterocycles. The highest BCUT2D eigenvalue weighted by Gasteiger charge is 2.51. The second-order valence-electron chi connectivity index (χ2n) is 7.48. The maximum atomic E-state index is 14.0. The summed E-state index contributed by atoms with van der Waals surface area (Å²) in [5.74, 6) is 0.781. The third-order valence-corrected chi connectivity index (χ3v) is 6.26. The van der Waals surface area contributed by atoms with Gasteiger partial charge in [-0.1, -0.05) is 30.3 Å². The van der Waals surface area contributed by atoms with Gasteiger partial charge in [0.25, 0.3) is 5.78 Å². The fraction of sp³-hybridized carbons (Fsp3) is 0.136. The van der Waals surface area contributed by atoms with Crippen LogP contribution in [0.15, 0.2) is 65.3 Å². The summed E-state index contributed by atoms with van der Waals surface area (Å²) in [4.78, 5) is 9.28. The number of para-hydroxylation sites is 1. The highest BCUT2D eigenvalue weighted by atomic mass is 79.9. The van der Waals surface area contributed by atoms with Gasteiger partial charge in [-0.05, 0) is 53.0 Å². The molecule has 30 heavy (non-hydrogen) atoms. The van der Waals surface area contributed by atoms with E-state index in [4.69, 9.17) is 4.98 Å². The van der Waals surface area contributed by atoms with Gasteiger partial charge in [0.05, 0.1) is 27.3 Å². The lowest BCUT2D eigenvalue weighted by atomic mass is 10.00. The minimum absolute atomic E-state index is 0.332. The molecule has 5 aromatic rings. The molecule has 8 heteroatoms. The first kappa shape index (κ1) is 17.6. The van der Waals surface area contributed by atoms with Crippen LogP contribution in [0.4, 0.5) is 4.39 Å². The fourth-order valence-electron chi connectivity index (χ4n) is 3.83. The van der Waals surface area contributed by atoms with E-state index in [1.807, 2.05) is 24.3 Å². The molecule has 0 aliphatic heterocycles. The summed E-state index contributed by atoms with van der Waals surface area (Å²) in [6, 6.07) is 17.1. The number of hydrogen-bond acceptors (Lipinski definition) is 5. The lowest BCUT2D eigenvalue weighted by Crippen LogP contribution is -2.16. The molecule has 3 aromatic heterocycles. The Morgan fingerprint density at radius 3 is 2.70 bits per heavy atom. The van der Waals surface area contributed by atoms with Gasteiger partial charge in [0.1, 0.15) is 11.5 Å². The molecule has 0 radical (unpaired) electrons. The van der Waals surface area contributed by atoms with Crippen LogP contribution >= 0.6 is 15.9 Å². The standard InChI is InChI=1S/C22H14BrFN6/c23-15-7-5-14(11-16(15)24)18-12-25-21-28-27-20(30(21)29-18)22(9-10-22)19-8-6-13-3-1-2-4-17(13)26-19/h1-8,11-12H,9-10H2. The van der Waals surface area contributed by atoms with Crippen LogP contribution in [0.3, 0.4) is 0 Å². The van der Waals surface area contributed by atoms with E-state index in [2.05, 4.69) is 48.3 Å². The molecule has 0 bridgehead atoms. The van der Waals surface area contributed by atoms with E-state index in [-0.39, 0.29) is 11.2 Å². The molecule has 0 spiro atoms. The van der Waals surface area contributed by atoms with Crippen molar-refractivity contribution in [2.45, 2.75) is 18.3 Å². The largest absolute Gasteiger partial charge is 0.271 e. The number of rotatable bonds is 3. The monoisotopic (exact) mass is 460 g/mol. The minimum atomic E-state index is -0.350. The molecular weight excluding hydrogens is 447 g/mol. The molecule has 1 aliphatic rings. The van der Waals surface area contributed by atoms with Crippen molar-refractivity contribution in [2.24, 2.45) is 0 Å². The summed E-state index contributed by atoms with van der Waals surface area (Å²) in [5.41, 5.74) is 2.77. The van der Waals surface area contributed by atoms with Crippen molar-refractivity contribution in [3.63, 3.8) is 0 Å². The first-order valence-electron chi connectivity index (χ1n) is 9.55. The molecule has 0 saturated heterocycles. The topological polar surface area (TPSA) is 68.9 Å². The second-order valence-corrected chi connectivity index (χ2v) is 8.33. The van der Waals surface area contributed by atoms with Gasteiger partial charge in [-0.15, -0.1) is 10.2 Å². The van der Waals surface area contributed by atoms with Crippen molar-refractivity contribution in [3.8, 4) is 11.3 Å². The Bertz CT molecular complexity index is 1440. The molecule has 6 nitrogen and oxygen atoms in total. The first-order valence-corrected chi connectivity index (χ1v) is 10.3. The van der Waals surface area contributed by atoms with Crippen molar-refractivity contribution >= 4 is 32.6 Å². The molecule has 6 rings (SSSR count). The van der Waals surface area contributed by atoms with Gasteiger partial charge in [0.15, 0.2) is 5.82 Å². The van der Waals surface area contributed by atoms with Crippen LogP contribution in [0.5, 0.6) is 0 Å². The Balaban J connectivity index is 1.49. The highest BCUT2D eigenvalue weighted by molar-refractivity contribution is 9.10. The van der Waals surface area contributed by atoms with Gasteiger partial charge in [-0.2, -0.15) is 9.61 Å². The zero-order valence-electron chi connectivity index (χ0n) is 15.6. The molecule has 1 fully saturated rings. The Morgan fingerprint density at radius 1 is 1.00 bits per heavy atom. The highest BCUT2D eigenvalue weighted by Crippen LogP contribution is 2.52. The molecule has 0 atom stereocenters. The average Bonchev–Trinajstić information content (AvgIpc) is 3.47. The molecule has 1 aliphatic carbocycles. The van der Waals surface area contributed by atoms with E-state index >= 15 is 0 Å². The molecule has 1 saturated carbocycles. The number of pyridine rings is 1. The average molecular weight is 461 g/mol. The lowest BCUT2D eigenvalue weighted by molar-refractivity contribution is 0.621. The number of hydrogen-bond donors (Lipinski definition) is 0. The van der Waals surface area contributed by atoms with Crippen LogP contribution in [0, 0.1) is 5.82 Å². The van der Waals surface area contributed by atoms with Crippen molar-refractivity contribution < 1.29 is 4.39 Å². The van der Waals surface area contributed by atoms with Crippen LogP contribution in [-0.4, -0.2) is 29.8 Å². The van der Waals surface area contributed by atoms with Crippen LogP contribution in [-0.2, 0) is 5.41 Å². The van der Waals surface area contributed by atoms with E-state index in [1.165, 1.54) is 6.07 Å². The summed E-state index contributed by atoms with van der Waals surface area (Å²) in [6.07, 6.45) is 3.42. The van der Waals surface area contributed by atoms with Crippen LogP contribution in [0.1, 0.15) is 24.4 Å². The van der Waals surface area contributed by atoms with Crippen molar-refractivity contribution in [3.05, 3.63) is 82.6 Å². The van der Waals surface area contributed by atoms with Gasteiger partial charge in [0, 0.05) is 10.9 Å². The summed E-state index contributed by atoms with van der Waals surface area (Å²) < 4.78 is 16.1. The second kappa shape index (κ2) is 6.37. The SMILES string of the molecule is Fc1cc(-c2cnc3nnc(C4(c5ccc6ccccc6n5)CC4)n3n2)ccc1Br. The van der Waals surface area contributed by atoms with Gasteiger partial charge >= 0.3 is 0 Å². The summed E-state index contributed by atoms with van der Waals surface area (Å²) in [5, 5.41) is 14.4. The number of halogens is 2. The van der Waals surface area contributed by atoms with E-state index in [0.717, 1.165) is 29.4 Å². The minimum Gasteiger partial charge on any atom is -0.252 e. The quantitative estimate of drug-likeness (QED) is 0.389. The van der Waals surface area contributed by atoms with E-state index in [0.29, 0.717) is 27.3 Å². The van der Waals surface area contributed by atoms with E-state index in [9.17, 15) is 4.39 Å². The van der Waals surface area contributed by atoms with Crippen molar-refractivity contribution in [1.29, 1.82) is 0 Å². The Labute approximate surface area is 179 Å². The first-order chi connectivity index (χ1) is 14.6. The predicted molar refractivity (Wildman–Crippen MR) is 113 cm³/mol. The summed E-state index contributed by atoms with van der Waals surface area (Å²) >= 11 is 3.18. The summed E-state index contributed by atoms with van der Waals surface area (Å²) in [6.45, 7) is 0. The molecule has 0 N–H and O–H groups in total. The Kier molecular flexibility index (Phi) is 3.73. The van der Waals surface area contributed by atoms with Crippen molar-refractivity contribution in [2.75, 3.05) is 0 Å². The number of fused-ring (bicyclic) bond motifs is 2. The van der Waals surface area contributed by atoms with Gasteiger partial charge < -0.3 is 0 Å². The maximum Gasteiger partial charge on any atom is 0.271 e. The third kappa shape index (κ3) is 2.64. The summed E-state index contributed by atoms with van der Waals surface area (Å²) in [7, 11) is 0. The molecular formula is C22H14BrFN6. The predicted octanol–water partition coefficient (Wildman–Crippen LogP) is 4.72. The van der Waals surface area contributed by atoms with Gasteiger partial charge in [-0.3, -0.25) is 4.98 Å². The normalized spacial score (nSPS) is 15.0. The molecule has 146 valence electrons.